The maximum Gasteiger partial charge on any atom is 0.191 e. The molecule has 6 nitrogen and oxygen atoms in total. The maximum atomic E-state index is 11.3. The number of hydrogen-bond acceptors (Lipinski definition) is 6. The van der Waals surface area contributed by atoms with Gasteiger partial charge in [-0.05, 0) is 36.4 Å². The molecule has 0 fully saturated rings. The highest BCUT2D eigenvalue weighted by Crippen LogP contribution is 2.26. The molecule has 0 saturated carbocycles. The van der Waals surface area contributed by atoms with E-state index in [-0.39, 0.29) is 5.75 Å². The van der Waals surface area contributed by atoms with Crippen molar-refractivity contribution < 1.29 is 12.8 Å². The van der Waals surface area contributed by atoms with E-state index in [1.165, 1.54) is 18.0 Å². The summed E-state index contributed by atoms with van der Waals surface area (Å²) < 4.78 is 30.0. The molecule has 2 heterocycles. The fourth-order valence-electron chi connectivity index (χ4n) is 2.19. The molecule has 9 heteroatoms. The summed E-state index contributed by atoms with van der Waals surface area (Å²) in [4.78, 5) is 0. The van der Waals surface area contributed by atoms with E-state index in [0.717, 1.165) is 11.3 Å². The molecule has 3 rings (SSSR count). The van der Waals surface area contributed by atoms with Gasteiger partial charge in [0.2, 0.25) is 0 Å². The van der Waals surface area contributed by atoms with E-state index in [1.807, 2.05) is 28.8 Å². The Bertz CT molecular complexity index is 936. The average molecular weight is 398 g/mol. The number of nitrogens with zero attached hydrogens (tertiary/aromatic N) is 3. The first-order chi connectivity index (χ1) is 11.9. The third kappa shape index (κ3) is 4.87. The summed E-state index contributed by atoms with van der Waals surface area (Å²) in [7, 11) is -3.02. The first-order valence-corrected chi connectivity index (χ1v) is 10.9. The highest BCUT2D eigenvalue weighted by atomic mass is 35.5. The number of furan rings is 1. The normalized spacial score (nSPS) is 11.8. The largest absolute Gasteiger partial charge is 0.467 e. The lowest BCUT2D eigenvalue weighted by molar-refractivity contribution is 0.485. The second-order valence-electron chi connectivity index (χ2n) is 5.46. The number of sulfone groups is 1. The fraction of sp³-hybridized carbons (Fsp3) is 0.250. The topological polar surface area (TPSA) is 78.0 Å². The summed E-state index contributed by atoms with van der Waals surface area (Å²) in [6, 6.07) is 11.0. The van der Waals surface area contributed by atoms with Gasteiger partial charge in [0.05, 0.1) is 18.6 Å². The van der Waals surface area contributed by atoms with Crippen molar-refractivity contribution >= 4 is 33.2 Å². The number of halogens is 1. The van der Waals surface area contributed by atoms with Crippen LogP contribution in [0.15, 0.2) is 52.2 Å². The number of thioether (sulfide) groups is 1. The molecule has 0 aliphatic heterocycles. The summed E-state index contributed by atoms with van der Waals surface area (Å²) >= 11 is 7.31. The van der Waals surface area contributed by atoms with Gasteiger partial charge in [-0.1, -0.05) is 23.4 Å². The summed E-state index contributed by atoms with van der Waals surface area (Å²) in [5.74, 6) is 1.94. The van der Waals surface area contributed by atoms with E-state index >= 15 is 0 Å². The highest BCUT2D eigenvalue weighted by molar-refractivity contribution is 8.00. The Morgan fingerprint density at radius 3 is 2.60 bits per heavy atom. The Kier molecular flexibility index (Phi) is 5.51. The number of rotatable bonds is 7. The van der Waals surface area contributed by atoms with Gasteiger partial charge in [-0.15, -0.1) is 10.2 Å². The van der Waals surface area contributed by atoms with Gasteiger partial charge in [-0.3, -0.25) is 4.57 Å². The molecule has 0 bridgehead atoms. The van der Waals surface area contributed by atoms with E-state index in [4.69, 9.17) is 16.0 Å². The van der Waals surface area contributed by atoms with Crippen molar-refractivity contribution in [2.45, 2.75) is 11.7 Å². The molecule has 0 radical (unpaired) electrons. The number of aromatic nitrogens is 3. The minimum absolute atomic E-state index is 0.0849. The third-order valence-corrected chi connectivity index (χ3v) is 5.82. The lowest BCUT2D eigenvalue weighted by Gasteiger charge is -2.09. The Morgan fingerprint density at radius 1 is 1.20 bits per heavy atom. The standard InChI is InChI=1S/C16H16ClN3O3S2/c1-25(21,22)10-9-24-16-19-18-15(12-4-6-13(17)7-5-12)20(16)11-14-3-2-8-23-14/h2-8H,9-11H2,1H3. The lowest BCUT2D eigenvalue weighted by atomic mass is 10.2. The Balaban J connectivity index is 1.90. The average Bonchev–Trinajstić information content (AvgIpc) is 3.18. The van der Waals surface area contributed by atoms with Crippen molar-refractivity contribution in [3.05, 3.63) is 53.4 Å². The summed E-state index contributed by atoms with van der Waals surface area (Å²) in [5, 5.41) is 9.78. The van der Waals surface area contributed by atoms with Crippen molar-refractivity contribution in [3.8, 4) is 11.4 Å². The van der Waals surface area contributed by atoms with Gasteiger partial charge in [0, 0.05) is 22.6 Å². The van der Waals surface area contributed by atoms with Crippen molar-refractivity contribution in [1.29, 1.82) is 0 Å². The van der Waals surface area contributed by atoms with Crippen LogP contribution in [0.5, 0.6) is 0 Å². The first kappa shape index (κ1) is 18.0. The summed E-state index contributed by atoms with van der Waals surface area (Å²) in [5.41, 5.74) is 0.874. The smallest absolute Gasteiger partial charge is 0.191 e. The predicted octanol–water partition coefficient (Wildman–Crippen LogP) is 3.38. The molecule has 0 aliphatic rings. The van der Waals surface area contributed by atoms with Gasteiger partial charge in [0.1, 0.15) is 15.6 Å². The molecule has 2 aromatic heterocycles. The zero-order valence-corrected chi connectivity index (χ0v) is 15.8. The zero-order chi connectivity index (χ0) is 17.9. The van der Waals surface area contributed by atoms with E-state index in [2.05, 4.69) is 10.2 Å². The van der Waals surface area contributed by atoms with Crippen molar-refractivity contribution in [3.63, 3.8) is 0 Å². The lowest BCUT2D eigenvalue weighted by Crippen LogP contribution is -2.07. The molecule has 0 spiro atoms. The minimum atomic E-state index is -3.02. The summed E-state index contributed by atoms with van der Waals surface area (Å²) in [6.07, 6.45) is 2.83. The van der Waals surface area contributed by atoms with Crippen LogP contribution in [-0.2, 0) is 16.4 Å². The van der Waals surface area contributed by atoms with E-state index in [9.17, 15) is 8.42 Å². The second kappa shape index (κ2) is 7.63. The van der Waals surface area contributed by atoms with Crippen molar-refractivity contribution in [2.24, 2.45) is 0 Å². The van der Waals surface area contributed by atoms with Gasteiger partial charge in [0.15, 0.2) is 11.0 Å². The molecule has 0 N–H and O–H groups in total. The van der Waals surface area contributed by atoms with Crippen LogP contribution in [0.1, 0.15) is 5.76 Å². The van der Waals surface area contributed by atoms with Crippen molar-refractivity contribution in [1.82, 2.24) is 14.8 Å². The fourth-order valence-corrected chi connectivity index (χ4v) is 4.45. The quantitative estimate of drug-likeness (QED) is 0.569. The Hall–Kier alpha value is -1.77. The molecule has 25 heavy (non-hydrogen) atoms. The maximum absolute atomic E-state index is 11.3. The summed E-state index contributed by atoms with van der Waals surface area (Å²) in [6.45, 7) is 0.458. The predicted molar refractivity (Wildman–Crippen MR) is 98.7 cm³/mol. The molecule has 0 aliphatic carbocycles. The SMILES string of the molecule is CS(=O)(=O)CCSc1nnc(-c2ccc(Cl)cc2)n1Cc1ccco1. The molecule has 1 aromatic carbocycles. The third-order valence-electron chi connectivity index (χ3n) is 3.40. The van der Waals surface area contributed by atoms with Crippen LogP contribution in [0.3, 0.4) is 0 Å². The van der Waals surface area contributed by atoms with E-state index < -0.39 is 9.84 Å². The monoisotopic (exact) mass is 397 g/mol. The van der Waals surface area contributed by atoms with Gasteiger partial charge in [-0.2, -0.15) is 0 Å². The molecule has 0 atom stereocenters. The first-order valence-electron chi connectivity index (χ1n) is 7.44. The Morgan fingerprint density at radius 2 is 1.96 bits per heavy atom. The number of hydrogen-bond donors (Lipinski definition) is 0. The van der Waals surface area contributed by atoms with Gasteiger partial charge in [0.25, 0.3) is 0 Å². The van der Waals surface area contributed by atoms with Crippen LogP contribution in [-0.4, -0.2) is 40.9 Å². The van der Waals surface area contributed by atoms with Gasteiger partial charge >= 0.3 is 0 Å². The highest BCUT2D eigenvalue weighted by Gasteiger charge is 2.16. The molecule has 0 saturated heterocycles. The van der Waals surface area contributed by atoms with Crippen LogP contribution < -0.4 is 0 Å². The van der Waals surface area contributed by atoms with Crippen LogP contribution >= 0.6 is 23.4 Å². The van der Waals surface area contributed by atoms with Crippen molar-refractivity contribution in [2.75, 3.05) is 17.8 Å². The van der Waals surface area contributed by atoms with Crippen LogP contribution in [0.2, 0.25) is 5.02 Å². The van der Waals surface area contributed by atoms with E-state index in [0.29, 0.717) is 28.3 Å². The molecule has 0 unspecified atom stereocenters. The van der Waals surface area contributed by atoms with Gasteiger partial charge < -0.3 is 4.42 Å². The molecule has 132 valence electrons. The Labute approximate surface area is 155 Å². The minimum Gasteiger partial charge on any atom is -0.467 e. The van der Waals surface area contributed by atoms with Crippen LogP contribution in [0, 0.1) is 0 Å². The van der Waals surface area contributed by atoms with Gasteiger partial charge in [-0.25, -0.2) is 8.42 Å². The molecule has 0 amide bonds. The van der Waals surface area contributed by atoms with Crippen LogP contribution in [0.25, 0.3) is 11.4 Å². The van der Waals surface area contributed by atoms with Crippen LogP contribution in [0.4, 0.5) is 0 Å². The molecule has 3 aromatic rings. The second-order valence-corrected chi connectivity index (χ2v) is 9.22. The number of benzene rings is 1. The zero-order valence-electron chi connectivity index (χ0n) is 13.4. The molecular formula is C16H16ClN3O3S2. The van der Waals surface area contributed by atoms with E-state index in [1.54, 1.807) is 18.4 Å². The molecular weight excluding hydrogens is 382 g/mol.